The van der Waals surface area contributed by atoms with E-state index in [2.05, 4.69) is 11.4 Å². The van der Waals surface area contributed by atoms with Gasteiger partial charge in [-0.15, -0.1) is 0 Å². The van der Waals surface area contributed by atoms with Gasteiger partial charge in [-0.2, -0.15) is 5.26 Å². The molecule has 0 aromatic heterocycles. The monoisotopic (exact) mass is 523 g/mol. The summed E-state index contributed by atoms with van der Waals surface area (Å²) in [5, 5.41) is 25.2. The van der Waals surface area contributed by atoms with Crippen molar-refractivity contribution in [2.24, 2.45) is 5.92 Å². The van der Waals surface area contributed by atoms with E-state index < -0.39 is 10.9 Å². The Hall–Kier alpha value is -5.23. The summed E-state index contributed by atoms with van der Waals surface area (Å²) in [5.41, 5.74) is 1.22. The molecule has 0 aliphatic carbocycles. The third-order valence-corrected chi connectivity index (χ3v) is 5.99. The van der Waals surface area contributed by atoms with Crippen LogP contribution in [0.15, 0.2) is 72.8 Å². The number of esters is 1. The van der Waals surface area contributed by atoms with Crippen molar-refractivity contribution < 1.29 is 24.0 Å². The zero-order chi connectivity index (χ0) is 28.1. The molecule has 0 fully saturated rings. The molecule has 0 saturated carbocycles. The molecule has 4 aromatic rings. The van der Waals surface area contributed by atoms with Crippen LogP contribution >= 0.6 is 0 Å². The zero-order valence-electron chi connectivity index (χ0n) is 21.6. The van der Waals surface area contributed by atoms with Gasteiger partial charge in [-0.05, 0) is 59.2 Å². The number of nitriles is 1. The van der Waals surface area contributed by atoms with E-state index in [-0.39, 0.29) is 40.0 Å². The van der Waals surface area contributed by atoms with E-state index in [9.17, 15) is 19.7 Å². The Balaban J connectivity index is 1.80. The van der Waals surface area contributed by atoms with Crippen LogP contribution in [0, 0.1) is 27.4 Å². The molecule has 4 rings (SSSR count). The third kappa shape index (κ3) is 6.02. The largest absolute Gasteiger partial charge is 0.465 e. The van der Waals surface area contributed by atoms with Crippen molar-refractivity contribution in [2.45, 2.75) is 13.8 Å². The van der Waals surface area contributed by atoms with Crippen molar-refractivity contribution in [3.63, 3.8) is 0 Å². The molecule has 39 heavy (non-hydrogen) atoms. The summed E-state index contributed by atoms with van der Waals surface area (Å²) in [7, 11) is 1.22. The van der Waals surface area contributed by atoms with Crippen molar-refractivity contribution in [3.05, 3.63) is 99.6 Å². The van der Waals surface area contributed by atoms with Gasteiger partial charge in [0.05, 0.1) is 29.2 Å². The van der Waals surface area contributed by atoms with Gasteiger partial charge in [-0.25, -0.2) is 4.79 Å². The highest BCUT2D eigenvalue weighted by Crippen LogP contribution is 2.39. The second kappa shape index (κ2) is 11.4. The van der Waals surface area contributed by atoms with E-state index in [1.807, 2.05) is 13.8 Å². The molecule has 0 radical (unpaired) electrons. The minimum atomic E-state index is -0.708. The fourth-order valence-corrected chi connectivity index (χ4v) is 4.01. The Labute approximate surface area is 224 Å². The number of methoxy groups -OCH3 is 1. The van der Waals surface area contributed by atoms with Crippen LogP contribution in [0.5, 0.6) is 11.5 Å². The van der Waals surface area contributed by atoms with Crippen molar-refractivity contribution in [1.82, 2.24) is 5.32 Å². The number of rotatable bonds is 8. The number of ether oxygens (including phenoxy) is 2. The maximum atomic E-state index is 12.8. The van der Waals surface area contributed by atoms with Crippen LogP contribution in [0.25, 0.3) is 21.9 Å². The van der Waals surface area contributed by atoms with Gasteiger partial charge in [0.1, 0.15) is 11.5 Å². The average molecular weight is 524 g/mol. The van der Waals surface area contributed by atoms with Gasteiger partial charge in [0, 0.05) is 35.4 Å². The quantitative estimate of drug-likeness (QED) is 0.164. The Morgan fingerprint density at radius 2 is 1.72 bits per heavy atom. The first-order valence-corrected chi connectivity index (χ1v) is 12.1. The summed E-state index contributed by atoms with van der Waals surface area (Å²) in [6.45, 7) is 4.39. The van der Waals surface area contributed by atoms with E-state index in [0.717, 1.165) is 10.8 Å². The first kappa shape index (κ1) is 26.8. The average Bonchev–Trinajstić information content (AvgIpc) is 2.94. The van der Waals surface area contributed by atoms with Crippen molar-refractivity contribution in [3.8, 4) is 28.7 Å². The summed E-state index contributed by atoms with van der Waals surface area (Å²) >= 11 is 0. The van der Waals surface area contributed by atoms with Crippen LogP contribution in [-0.2, 0) is 4.74 Å². The second-order valence-electron chi connectivity index (χ2n) is 9.23. The summed E-state index contributed by atoms with van der Waals surface area (Å²) in [4.78, 5) is 36.5. The lowest BCUT2D eigenvalue weighted by Gasteiger charge is -2.15. The summed E-state index contributed by atoms with van der Waals surface area (Å²) < 4.78 is 11.1. The SMILES string of the molecule is COC(=O)c1cc(C(=O)NCC(C)C)ccc1-c1cc([N+](=O)[O-])ccc1Oc1ccc2cc(C#N)ccc2c1. The van der Waals surface area contributed by atoms with Crippen LogP contribution in [0.1, 0.15) is 40.1 Å². The van der Waals surface area contributed by atoms with Crippen molar-refractivity contribution in [2.75, 3.05) is 13.7 Å². The number of amides is 1. The fourth-order valence-electron chi connectivity index (χ4n) is 4.01. The number of hydrogen-bond acceptors (Lipinski definition) is 7. The predicted octanol–water partition coefficient (Wildman–Crippen LogP) is 6.25. The van der Waals surface area contributed by atoms with Gasteiger partial charge < -0.3 is 14.8 Å². The predicted molar refractivity (Wildman–Crippen MR) is 146 cm³/mol. The Morgan fingerprint density at radius 1 is 0.974 bits per heavy atom. The normalized spacial score (nSPS) is 10.6. The number of carbonyl (C=O) groups is 2. The number of nitrogens with zero attached hydrogens (tertiary/aromatic N) is 2. The number of fused-ring (bicyclic) bond motifs is 1. The van der Waals surface area contributed by atoms with Crippen LogP contribution in [0.2, 0.25) is 0 Å². The standard InChI is InChI=1S/C30H25N3O6/c1-18(2)17-32-29(34)22-7-10-25(27(14-22)30(35)38-3)26-15-23(33(36)37)8-11-28(26)39-24-9-6-20-12-19(16-31)4-5-21(20)13-24/h4-15,18H,17H2,1-3H3,(H,32,34). The molecule has 196 valence electrons. The minimum Gasteiger partial charge on any atom is -0.465 e. The minimum absolute atomic E-state index is 0.0580. The molecule has 0 saturated heterocycles. The molecule has 1 N–H and O–H groups in total. The number of nitro benzene ring substituents is 1. The molecule has 0 heterocycles. The highest BCUT2D eigenvalue weighted by molar-refractivity contribution is 6.03. The molecular weight excluding hydrogens is 498 g/mol. The van der Waals surface area contributed by atoms with Gasteiger partial charge >= 0.3 is 5.97 Å². The molecular formula is C30H25N3O6. The number of hydrogen-bond donors (Lipinski definition) is 1. The molecule has 0 spiro atoms. The maximum Gasteiger partial charge on any atom is 0.338 e. The van der Waals surface area contributed by atoms with Crippen LogP contribution in [0.4, 0.5) is 5.69 Å². The lowest BCUT2D eigenvalue weighted by atomic mass is 9.96. The van der Waals surface area contributed by atoms with E-state index in [4.69, 9.17) is 14.7 Å². The molecule has 0 bridgehead atoms. The van der Waals surface area contributed by atoms with Crippen LogP contribution in [0.3, 0.4) is 0 Å². The van der Waals surface area contributed by atoms with Gasteiger partial charge in [-0.3, -0.25) is 14.9 Å². The highest BCUT2D eigenvalue weighted by Gasteiger charge is 2.22. The Kier molecular flexibility index (Phi) is 7.87. The summed E-state index contributed by atoms with van der Waals surface area (Å²) in [6.07, 6.45) is 0. The smallest absolute Gasteiger partial charge is 0.338 e. The van der Waals surface area contributed by atoms with Crippen molar-refractivity contribution >= 4 is 28.3 Å². The van der Waals surface area contributed by atoms with Crippen LogP contribution < -0.4 is 10.1 Å². The van der Waals surface area contributed by atoms with E-state index >= 15 is 0 Å². The Bertz CT molecular complexity index is 1640. The zero-order valence-corrected chi connectivity index (χ0v) is 21.6. The molecule has 9 nitrogen and oxygen atoms in total. The number of nitrogens with one attached hydrogen (secondary N) is 1. The maximum absolute atomic E-state index is 12.8. The van der Waals surface area contributed by atoms with E-state index in [1.54, 1.807) is 48.5 Å². The number of nitro groups is 1. The van der Waals surface area contributed by atoms with E-state index in [1.165, 1.54) is 31.4 Å². The Morgan fingerprint density at radius 3 is 2.41 bits per heavy atom. The topological polar surface area (TPSA) is 132 Å². The molecule has 9 heteroatoms. The summed E-state index contributed by atoms with van der Waals surface area (Å²) in [5.74, 6) is -0.115. The number of benzene rings is 4. The van der Waals surface area contributed by atoms with Gasteiger partial charge in [0.25, 0.3) is 11.6 Å². The van der Waals surface area contributed by atoms with Crippen molar-refractivity contribution in [1.29, 1.82) is 5.26 Å². The van der Waals surface area contributed by atoms with Gasteiger partial charge in [0.15, 0.2) is 0 Å². The van der Waals surface area contributed by atoms with Gasteiger partial charge in [0.2, 0.25) is 0 Å². The highest BCUT2D eigenvalue weighted by atomic mass is 16.6. The summed E-state index contributed by atoms with van der Waals surface area (Å²) in [6, 6.07) is 21.3. The number of carbonyl (C=O) groups excluding carboxylic acids is 2. The first-order valence-electron chi connectivity index (χ1n) is 12.1. The molecule has 0 aliphatic rings. The van der Waals surface area contributed by atoms with Crippen LogP contribution in [-0.4, -0.2) is 30.5 Å². The molecule has 4 aromatic carbocycles. The molecule has 0 aliphatic heterocycles. The molecule has 1 amide bonds. The van der Waals surface area contributed by atoms with E-state index in [0.29, 0.717) is 23.4 Å². The second-order valence-corrected chi connectivity index (χ2v) is 9.23. The van der Waals surface area contributed by atoms with Gasteiger partial charge in [-0.1, -0.05) is 32.0 Å². The first-order chi connectivity index (χ1) is 18.7. The lowest BCUT2D eigenvalue weighted by Crippen LogP contribution is -2.27. The molecule has 0 atom stereocenters. The number of non-ortho nitro benzene ring substituents is 1. The third-order valence-electron chi connectivity index (χ3n) is 5.99. The fraction of sp³-hybridized carbons (Fsp3) is 0.167. The molecule has 0 unspecified atom stereocenters. The lowest BCUT2D eigenvalue weighted by molar-refractivity contribution is -0.384.